The molecule has 0 saturated carbocycles. The summed E-state index contributed by atoms with van der Waals surface area (Å²) in [5, 5.41) is 11.8. The Kier molecular flexibility index (Phi) is 5.57. The Morgan fingerprint density at radius 3 is 2.37 bits per heavy atom. The number of benzene rings is 3. The van der Waals surface area contributed by atoms with Gasteiger partial charge in [-0.3, -0.25) is 9.59 Å². The molecule has 1 atom stereocenters. The number of rotatable bonds is 7. The molecule has 5 nitrogen and oxygen atoms in total. The molecule has 0 radical (unpaired) electrons. The number of Topliss-reactive ketones (excluding diaryl/α,β-unsaturated/α-hetero) is 1. The van der Waals surface area contributed by atoms with Crippen molar-refractivity contribution in [1.29, 1.82) is 0 Å². The summed E-state index contributed by atoms with van der Waals surface area (Å²) >= 11 is 5.88. The van der Waals surface area contributed by atoms with Crippen molar-refractivity contribution in [1.82, 2.24) is 0 Å². The van der Waals surface area contributed by atoms with Gasteiger partial charge in [-0.05, 0) is 42.5 Å². The van der Waals surface area contributed by atoms with E-state index in [1.54, 1.807) is 48.5 Å². The summed E-state index contributed by atoms with van der Waals surface area (Å²) in [6, 6.07) is 22.7. The van der Waals surface area contributed by atoms with Crippen molar-refractivity contribution in [2.45, 2.75) is 12.0 Å². The summed E-state index contributed by atoms with van der Waals surface area (Å²) in [6.07, 6.45) is -0.347. The van der Waals surface area contributed by atoms with E-state index in [9.17, 15) is 14.7 Å². The number of fused-ring (bicyclic) bond motifs is 1. The highest BCUT2D eigenvalue weighted by Gasteiger charge is 2.50. The molecule has 4 rings (SSSR count). The van der Waals surface area contributed by atoms with Crippen molar-refractivity contribution in [3.05, 3.63) is 95.0 Å². The fourth-order valence-corrected chi connectivity index (χ4v) is 3.77. The van der Waals surface area contributed by atoms with E-state index in [1.165, 1.54) is 4.90 Å². The van der Waals surface area contributed by atoms with E-state index in [2.05, 4.69) is 0 Å². The van der Waals surface area contributed by atoms with E-state index in [1.807, 2.05) is 30.3 Å². The van der Waals surface area contributed by atoms with Gasteiger partial charge in [0.15, 0.2) is 11.4 Å². The molecule has 6 heteroatoms. The molecule has 1 aliphatic rings. The fraction of sp³-hybridized carbons (Fsp3) is 0.167. The molecule has 0 fully saturated rings. The lowest BCUT2D eigenvalue weighted by Crippen LogP contribution is -2.43. The number of anilines is 1. The molecule has 0 bridgehead atoms. The first-order chi connectivity index (χ1) is 14.5. The standard InChI is InChI=1S/C24H20ClNO4/c25-18-12-10-17(11-13-18)22(27)16-24(29)20-8-4-5-9-21(20)26(23(24)28)14-15-30-19-6-2-1-3-7-19/h1-13,29H,14-16H2. The molecule has 3 aromatic carbocycles. The number of hydrogen-bond acceptors (Lipinski definition) is 4. The number of halogens is 1. The number of aliphatic hydroxyl groups is 1. The van der Waals surface area contributed by atoms with Gasteiger partial charge in [-0.15, -0.1) is 0 Å². The average molecular weight is 422 g/mol. The van der Waals surface area contributed by atoms with Crippen molar-refractivity contribution >= 4 is 29.0 Å². The fourth-order valence-electron chi connectivity index (χ4n) is 3.64. The third kappa shape index (κ3) is 3.82. The van der Waals surface area contributed by atoms with Crippen LogP contribution in [0, 0.1) is 0 Å². The highest BCUT2D eigenvalue weighted by Crippen LogP contribution is 2.42. The van der Waals surface area contributed by atoms with Crippen LogP contribution >= 0.6 is 11.6 Å². The van der Waals surface area contributed by atoms with E-state index >= 15 is 0 Å². The van der Waals surface area contributed by atoms with E-state index in [0.717, 1.165) is 0 Å². The minimum Gasteiger partial charge on any atom is -0.492 e. The van der Waals surface area contributed by atoms with Crippen LogP contribution in [0.5, 0.6) is 5.75 Å². The molecular formula is C24H20ClNO4. The monoisotopic (exact) mass is 421 g/mol. The Morgan fingerprint density at radius 1 is 0.967 bits per heavy atom. The van der Waals surface area contributed by atoms with Gasteiger partial charge in [0.2, 0.25) is 0 Å². The molecule has 1 aliphatic heterocycles. The topological polar surface area (TPSA) is 66.8 Å². The molecule has 1 amide bonds. The van der Waals surface area contributed by atoms with E-state index in [0.29, 0.717) is 27.6 Å². The minimum atomic E-state index is -1.92. The lowest BCUT2D eigenvalue weighted by atomic mass is 9.88. The van der Waals surface area contributed by atoms with Crippen LogP contribution in [-0.4, -0.2) is 29.9 Å². The maximum absolute atomic E-state index is 13.2. The lowest BCUT2D eigenvalue weighted by Gasteiger charge is -2.23. The number of ketones is 1. The molecule has 1 N–H and O–H groups in total. The zero-order valence-electron chi connectivity index (χ0n) is 16.1. The molecule has 3 aromatic rings. The second-order valence-corrected chi connectivity index (χ2v) is 7.54. The number of hydrogen-bond donors (Lipinski definition) is 1. The molecule has 0 aliphatic carbocycles. The van der Waals surface area contributed by atoms with Crippen molar-refractivity contribution < 1.29 is 19.4 Å². The van der Waals surface area contributed by atoms with Gasteiger partial charge in [-0.1, -0.05) is 48.0 Å². The van der Waals surface area contributed by atoms with Crippen molar-refractivity contribution in [2.24, 2.45) is 0 Å². The summed E-state index contributed by atoms with van der Waals surface area (Å²) in [6.45, 7) is 0.507. The van der Waals surface area contributed by atoms with Crippen LogP contribution in [-0.2, 0) is 10.4 Å². The first kappa shape index (κ1) is 20.1. The number of para-hydroxylation sites is 2. The molecule has 0 aromatic heterocycles. The summed E-state index contributed by atoms with van der Waals surface area (Å²) in [4.78, 5) is 27.5. The van der Waals surface area contributed by atoms with Gasteiger partial charge in [0.1, 0.15) is 12.4 Å². The van der Waals surface area contributed by atoms with Crippen LogP contribution in [0.1, 0.15) is 22.3 Å². The quantitative estimate of drug-likeness (QED) is 0.580. The highest BCUT2D eigenvalue weighted by atomic mass is 35.5. The maximum atomic E-state index is 13.2. The Labute approximate surface area is 179 Å². The average Bonchev–Trinajstić information content (AvgIpc) is 2.97. The second-order valence-electron chi connectivity index (χ2n) is 7.10. The van der Waals surface area contributed by atoms with E-state index in [-0.39, 0.29) is 25.4 Å². The summed E-state index contributed by atoms with van der Waals surface area (Å²) < 4.78 is 5.71. The summed E-state index contributed by atoms with van der Waals surface area (Å²) in [5.41, 5.74) is -0.508. The van der Waals surface area contributed by atoms with Crippen molar-refractivity contribution in [3.63, 3.8) is 0 Å². The highest BCUT2D eigenvalue weighted by molar-refractivity contribution is 6.30. The normalized spacial score (nSPS) is 17.7. The smallest absolute Gasteiger partial charge is 0.264 e. The third-order valence-corrected chi connectivity index (χ3v) is 5.40. The zero-order valence-corrected chi connectivity index (χ0v) is 16.9. The van der Waals surface area contributed by atoms with Gasteiger partial charge < -0.3 is 14.7 Å². The molecule has 0 saturated heterocycles. The van der Waals surface area contributed by atoms with Gasteiger partial charge in [-0.25, -0.2) is 0 Å². The van der Waals surface area contributed by atoms with Gasteiger partial charge >= 0.3 is 0 Å². The molecule has 30 heavy (non-hydrogen) atoms. The van der Waals surface area contributed by atoms with E-state index in [4.69, 9.17) is 16.3 Å². The van der Waals surface area contributed by atoms with Crippen LogP contribution in [0.2, 0.25) is 5.02 Å². The Morgan fingerprint density at radius 2 is 1.63 bits per heavy atom. The number of amides is 1. The van der Waals surface area contributed by atoms with Gasteiger partial charge in [0.05, 0.1) is 18.7 Å². The number of carbonyl (C=O) groups excluding carboxylic acids is 2. The predicted molar refractivity (Wildman–Crippen MR) is 115 cm³/mol. The molecule has 0 spiro atoms. The first-order valence-corrected chi connectivity index (χ1v) is 9.97. The number of nitrogens with zero attached hydrogens (tertiary/aromatic N) is 1. The maximum Gasteiger partial charge on any atom is 0.264 e. The van der Waals surface area contributed by atoms with Gasteiger partial charge in [0.25, 0.3) is 5.91 Å². The number of carbonyl (C=O) groups is 2. The predicted octanol–water partition coefficient (Wildman–Crippen LogP) is 4.23. The van der Waals surface area contributed by atoms with Gasteiger partial charge in [0, 0.05) is 16.1 Å². The molecular weight excluding hydrogens is 402 g/mol. The van der Waals surface area contributed by atoms with Crippen LogP contribution in [0.4, 0.5) is 5.69 Å². The van der Waals surface area contributed by atoms with E-state index < -0.39 is 11.5 Å². The Balaban J connectivity index is 1.54. The van der Waals surface area contributed by atoms with Crippen LogP contribution in [0.3, 0.4) is 0 Å². The largest absolute Gasteiger partial charge is 0.492 e. The first-order valence-electron chi connectivity index (χ1n) is 9.59. The van der Waals surface area contributed by atoms with Crippen LogP contribution in [0.25, 0.3) is 0 Å². The van der Waals surface area contributed by atoms with Crippen molar-refractivity contribution in [2.75, 3.05) is 18.1 Å². The summed E-state index contributed by atoms with van der Waals surface area (Å²) in [5.74, 6) is -0.159. The Bertz CT molecular complexity index is 1070. The molecule has 1 unspecified atom stereocenters. The van der Waals surface area contributed by atoms with Crippen LogP contribution < -0.4 is 9.64 Å². The molecule has 1 heterocycles. The SMILES string of the molecule is O=C(CC1(O)C(=O)N(CCOc2ccccc2)c2ccccc21)c1ccc(Cl)cc1. The zero-order chi connectivity index (χ0) is 21.1. The second kappa shape index (κ2) is 8.30. The third-order valence-electron chi connectivity index (χ3n) is 5.15. The summed E-state index contributed by atoms with van der Waals surface area (Å²) in [7, 11) is 0. The van der Waals surface area contributed by atoms with Gasteiger partial charge in [-0.2, -0.15) is 0 Å². The minimum absolute atomic E-state index is 0.252. The van der Waals surface area contributed by atoms with Crippen LogP contribution in [0.15, 0.2) is 78.9 Å². The van der Waals surface area contributed by atoms with Crippen molar-refractivity contribution in [3.8, 4) is 5.75 Å². The lowest BCUT2D eigenvalue weighted by molar-refractivity contribution is -0.135. The molecule has 152 valence electrons. The number of ether oxygens (including phenoxy) is 1. The Hall–Kier alpha value is -3.15.